The number of anilines is 1. The molecular formula is C15H13ClFNO3. The Hall–Kier alpha value is -2.27. The van der Waals surface area contributed by atoms with E-state index in [4.69, 9.17) is 26.8 Å². The zero-order chi connectivity index (χ0) is 15.4. The van der Waals surface area contributed by atoms with E-state index >= 15 is 0 Å². The van der Waals surface area contributed by atoms with E-state index in [0.717, 1.165) is 6.07 Å². The molecule has 0 fully saturated rings. The van der Waals surface area contributed by atoms with E-state index in [2.05, 4.69) is 0 Å². The fourth-order valence-electron chi connectivity index (χ4n) is 1.70. The van der Waals surface area contributed by atoms with Gasteiger partial charge < -0.3 is 15.2 Å². The van der Waals surface area contributed by atoms with Crippen LogP contribution in [0.1, 0.15) is 15.9 Å². The minimum Gasteiger partial charge on any atom is -0.497 e. The average molecular weight is 310 g/mol. The number of nitrogens with two attached hydrogens (primary N) is 1. The molecule has 2 N–H and O–H groups in total. The van der Waals surface area contributed by atoms with Crippen LogP contribution in [-0.4, -0.2) is 13.1 Å². The number of halogens is 2. The summed E-state index contributed by atoms with van der Waals surface area (Å²) >= 11 is 5.86. The molecule has 0 unspecified atom stereocenters. The molecule has 0 radical (unpaired) electrons. The Morgan fingerprint density at radius 1 is 1.29 bits per heavy atom. The van der Waals surface area contributed by atoms with Gasteiger partial charge in [-0.05, 0) is 30.3 Å². The number of esters is 1. The maximum atomic E-state index is 12.9. The molecule has 4 nitrogen and oxygen atoms in total. The highest BCUT2D eigenvalue weighted by molar-refractivity contribution is 6.31. The molecule has 110 valence electrons. The van der Waals surface area contributed by atoms with E-state index in [-0.39, 0.29) is 22.9 Å². The summed E-state index contributed by atoms with van der Waals surface area (Å²) in [6.07, 6.45) is 0. The number of carbonyl (C=O) groups is 1. The third-order valence-electron chi connectivity index (χ3n) is 2.85. The Morgan fingerprint density at radius 2 is 2.05 bits per heavy atom. The van der Waals surface area contributed by atoms with Gasteiger partial charge in [-0.3, -0.25) is 0 Å². The lowest BCUT2D eigenvalue weighted by atomic mass is 10.1. The van der Waals surface area contributed by atoms with Crippen LogP contribution < -0.4 is 10.5 Å². The maximum Gasteiger partial charge on any atom is 0.340 e. The third kappa shape index (κ3) is 3.64. The molecule has 0 aromatic heterocycles. The smallest absolute Gasteiger partial charge is 0.340 e. The zero-order valence-electron chi connectivity index (χ0n) is 11.2. The van der Waals surface area contributed by atoms with Crippen LogP contribution in [0.4, 0.5) is 10.1 Å². The number of benzene rings is 2. The van der Waals surface area contributed by atoms with Crippen LogP contribution in [0.2, 0.25) is 5.02 Å². The van der Waals surface area contributed by atoms with Crippen molar-refractivity contribution < 1.29 is 18.7 Å². The van der Waals surface area contributed by atoms with Gasteiger partial charge in [0, 0.05) is 11.3 Å². The second kappa shape index (κ2) is 6.45. The van der Waals surface area contributed by atoms with Gasteiger partial charge >= 0.3 is 5.97 Å². The highest BCUT2D eigenvalue weighted by Crippen LogP contribution is 2.22. The quantitative estimate of drug-likeness (QED) is 0.694. The van der Waals surface area contributed by atoms with Crippen LogP contribution >= 0.6 is 11.6 Å². The largest absolute Gasteiger partial charge is 0.497 e. The molecule has 2 rings (SSSR count). The minimum absolute atomic E-state index is 0.0748. The lowest BCUT2D eigenvalue weighted by molar-refractivity contribution is 0.0473. The molecule has 0 amide bonds. The SMILES string of the molecule is COc1ccc(N)c(C(=O)OCc2ccc(F)cc2Cl)c1. The molecule has 0 aliphatic carbocycles. The summed E-state index contributed by atoms with van der Waals surface area (Å²) < 4.78 is 23.1. The van der Waals surface area contributed by atoms with Crippen molar-refractivity contribution in [2.45, 2.75) is 6.61 Å². The summed E-state index contributed by atoms with van der Waals surface area (Å²) in [5, 5.41) is 0.196. The first-order valence-corrected chi connectivity index (χ1v) is 6.43. The first-order chi connectivity index (χ1) is 10.0. The van der Waals surface area contributed by atoms with Gasteiger partial charge in [-0.2, -0.15) is 0 Å². The van der Waals surface area contributed by atoms with E-state index in [1.165, 1.54) is 25.3 Å². The number of carbonyl (C=O) groups excluding carboxylic acids is 1. The molecule has 0 heterocycles. The first kappa shape index (κ1) is 15.1. The molecule has 21 heavy (non-hydrogen) atoms. The predicted molar refractivity (Wildman–Crippen MR) is 77.9 cm³/mol. The topological polar surface area (TPSA) is 61.5 Å². The van der Waals surface area contributed by atoms with Gasteiger partial charge in [-0.1, -0.05) is 17.7 Å². The summed E-state index contributed by atoms with van der Waals surface area (Å²) in [5.74, 6) is -0.560. The number of hydrogen-bond acceptors (Lipinski definition) is 4. The molecule has 2 aromatic rings. The van der Waals surface area contributed by atoms with Crippen LogP contribution in [-0.2, 0) is 11.3 Å². The molecule has 0 aliphatic rings. The number of ether oxygens (including phenoxy) is 2. The van der Waals surface area contributed by atoms with Gasteiger partial charge in [0.15, 0.2) is 0 Å². The summed E-state index contributed by atoms with van der Waals surface area (Å²) in [5.41, 5.74) is 6.72. The van der Waals surface area contributed by atoms with Crippen molar-refractivity contribution in [1.82, 2.24) is 0 Å². The van der Waals surface area contributed by atoms with Crippen LogP contribution in [0.15, 0.2) is 36.4 Å². The van der Waals surface area contributed by atoms with Crippen LogP contribution in [0, 0.1) is 5.82 Å². The lowest BCUT2D eigenvalue weighted by Gasteiger charge is -2.09. The minimum atomic E-state index is -0.605. The first-order valence-electron chi connectivity index (χ1n) is 6.06. The molecule has 0 atom stereocenters. The Bertz CT molecular complexity index is 676. The molecular weight excluding hydrogens is 297 g/mol. The summed E-state index contributed by atoms with van der Waals surface area (Å²) in [7, 11) is 1.49. The number of hydrogen-bond donors (Lipinski definition) is 1. The van der Waals surface area contributed by atoms with E-state index in [1.54, 1.807) is 12.1 Å². The Morgan fingerprint density at radius 3 is 2.71 bits per heavy atom. The molecule has 6 heteroatoms. The number of methoxy groups -OCH3 is 1. The van der Waals surface area contributed by atoms with Gasteiger partial charge in [-0.25, -0.2) is 9.18 Å². The van der Waals surface area contributed by atoms with Crippen molar-refractivity contribution >= 4 is 23.3 Å². The van der Waals surface area contributed by atoms with E-state index in [1.807, 2.05) is 0 Å². The fraction of sp³-hybridized carbons (Fsp3) is 0.133. The van der Waals surface area contributed by atoms with E-state index in [0.29, 0.717) is 11.3 Å². The highest BCUT2D eigenvalue weighted by Gasteiger charge is 2.13. The normalized spacial score (nSPS) is 10.2. The molecule has 2 aromatic carbocycles. The molecule has 0 saturated carbocycles. The third-order valence-corrected chi connectivity index (χ3v) is 3.21. The summed E-state index contributed by atoms with van der Waals surface area (Å²) in [4.78, 5) is 12.0. The highest BCUT2D eigenvalue weighted by atomic mass is 35.5. The monoisotopic (exact) mass is 309 g/mol. The molecule has 0 spiro atoms. The summed E-state index contributed by atoms with van der Waals surface area (Å²) in [6.45, 7) is -0.0748. The Kier molecular flexibility index (Phi) is 4.65. The van der Waals surface area contributed by atoms with Crippen LogP contribution in [0.5, 0.6) is 5.75 Å². The average Bonchev–Trinajstić information content (AvgIpc) is 2.46. The van der Waals surface area contributed by atoms with Crippen molar-refractivity contribution in [2.75, 3.05) is 12.8 Å². The van der Waals surface area contributed by atoms with Crippen molar-refractivity contribution in [2.24, 2.45) is 0 Å². The van der Waals surface area contributed by atoms with Crippen LogP contribution in [0.3, 0.4) is 0 Å². The van der Waals surface area contributed by atoms with Crippen molar-refractivity contribution in [1.29, 1.82) is 0 Å². The van der Waals surface area contributed by atoms with Crippen molar-refractivity contribution in [3.8, 4) is 5.75 Å². The van der Waals surface area contributed by atoms with Gasteiger partial charge in [0.25, 0.3) is 0 Å². The summed E-state index contributed by atoms with van der Waals surface area (Å²) in [6, 6.07) is 8.55. The number of nitrogen functional groups attached to an aromatic ring is 1. The number of rotatable bonds is 4. The van der Waals surface area contributed by atoms with Gasteiger partial charge in [0.2, 0.25) is 0 Å². The van der Waals surface area contributed by atoms with Gasteiger partial charge in [0.1, 0.15) is 18.2 Å². The second-order valence-electron chi connectivity index (χ2n) is 4.27. The molecule has 0 bridgehead atoms. The zero-order valence-corrected chi connectivity index (χ0v) is 12.0. The second-order valence-corrected chi connectivity index (χ2v) is 4.67. The predicted octanol–water partition coefficient (Wildman–Crippen LogP) is 3.43. The van der Waals surface area contributed by atoms with Crippen molar-refractivity contribution in [3.05, 3.63) is 58.4 Å². The standard InChI is InChI=1S/C15H13ClFNO3/c1-20-11-4-5-14(18)12(7-11)15(19)21-8-9-2-3-10(17)6-13(9)16/h2-7H,8,18H2,1H3. The molecule has 0 saturated heterocycles. The maximum absolute atomic E-state index is 12.9. The van der Waals surface area contributed by atoms with Gasteiger partial charge in [0.05, 0.1) is 17.7 Å². The molecule has 0 aliphatic heterocycles. The van der Waals surface area contributed by atoms with Gasteiger partial charge in [-0.15, -0.1) is 0 Å². The fourth-order valence-corrected chi connectivity index (χ4v) is 1.92. The van der Waals surface area contributed by atoms with Crippen LogP contribution in [0.25, 0.3) is 0 Å². The van der Waals surface area contributed by atoms with E-state index < -0.39 is 11.8 Å². The Labute approximate surface area is 126 Å². The Balaban J connectivity index is 2.11. The van der Waals surface area contributed by atoms with Crippen molar-refractivity contribution in [3.63, 3.8) is 0 Å². The lowest BCUT2D eigenvalue weighted by Crippen LogP contribution is -2.09. The van der Waals surface area contributed by atoms with E-state index in [9.17, 15) is 9.18 Å².